The number of anilines is 1. The number of aromatic nitrogens is 1. The molecule has 0 aliphatic rings. The van der Waals surface area contributed by atoms with E-state index >= 15 is 0 Å². The summed E-state index contributed by atoms with van der Waals surface area (Å²) in [4.78, 5) is 15.5. The summed E-state index contributed by atoms with van der Waals surface area (Å²) in [5.41, 5.74) is 5.67. The van der Waals surface area contributed by atoms with Crippen molar-refractivity contribution in [3.63, 3.8) is 0 Å². The molecule has 0 radical (unpaired) electrons. The molecule has 0 unspecified atom stereocenters. The van der Waals surface area contributed by atoms with Gasteiger partial charge in [0.25, 0.3) is 0 Å². The Morgan fingerprint density at radius 3 is 2.71 bits per heavy atom. The summed E-state index contributed by atoms with van der Waals surface area (Å²) in [7, 11) is 0. The van der Waals surface area contributed by atoms with Crippen molar-refractivity contribution in [2.45, 2.75) is 19.9 Å². The fourth-order valence-electron chi connectivity index (χ4n) is 0.949. The van der Waals surface area contributed by atoms with Gasteiger partial charge in [-0.15, -0.1) is 0 Å². The summed E-state index contributed by atoms with van der Waals surface area (Å²) in [5, 5.41) is 2.65. The van der Waals surface area contributed by atoms with Gasteiger partial charge in [-0.05, 0) is 18.1 Å². The molecule has 76 valence electrons. The van der Waals surface area contributed by atoms with E-state index in [1.807, 2.05) is 19.9 Å². The maximum atomic E-state index is 11.5. The number of pyridine rings is 1. The van der Waals surface area contributed by atoms with Crippen molar-refractivity contribution in [1.29, 1.82) is 0 Å². The van der Waals surface area contributed by atoms with E-state index < -0.39 is 6.04 Å². The first kappa shape index (κ1) is 10.7. The van der Waals surface area contributed by atoms with Crippen LogP contribution in [0.5, 0.6) is 0 Å². The number of nitrogens with one attached hydrogen (secondary N) is 1. The molecule has 0 aliphatic heterocycles. The van der Waals surface area contributed by atoms with Crippen molar-refractivity contribution in [3.8, 4) is 0 Å². The maximum Gasteiger partial charge on any atom is 0.242 e. The molecule has 0 saturated carbocycles. The number of carbonyl (C=O) groups is 1. The quantitative estimate of drug-likeness (QED) is 0.752. The predicted molar refractivity (Wildman–Crippen MR) is 55.7 cm³/mol. The Bertz CT molecular complexity index is 297. The summed E-state index contributed by atoms with van der Waals surface area (Å²) >= 11 is 0. The lowest BCUT2D eigenvalue weighted by atomic mass is 10.1. The van der Waals surface area contributed by atoms with Gasteiger partial charge in [-0.25, -0.2) is 4.98 Å². The topological polar surface area (TPSA) is 68.0 Å². The molecule has 0 bridgehead atoms. The Labute approximate surface area is 83.5 Å². The molecule has 0 saturated heterocycles. The molecule has 1 amide bonds. The predicted octanol–water partition coefficient (Wildman–Crippen LogP) is 1.00. The lowest BCUT2D eigenvalue weighted by Crippen LogP contribution is -2.39. The summed E-state index contributed by atoms with van der Waals surface area (Å²) in [6.07, 6.45) is 1.62. The fraction of sp³-hybridized carbons (Fsp3) is 0.400. The van der Waals surface area contributed by atoms with Crippen LogP contribution in [-0.2, 0) is 4.79 Å². The SMILES string of the molecule is CC(C)[C@H](N)C(=O)Nc1ccccn1. The zero-order valence-electron chi connectivity index (χ0n) is 8.40. The minimum Gasteiger partial charge on any atom is -0.320 e. The van der Waals surface area contributed by atoms with Gasteiger partial charge in [-0.2, -0.15) is 0 Å². The van der Waals surface area contributed by atoms with Crippen LogP contribution in [0, 0.1) is 5.92 Å². The Morgan fingerprint density at radius 2 is 2.21 bits per heavy atom. The minimum atomic E-state index is -0.489. The molecule has 1 aromatic rings. The smallest absolute Gasteiger partial charge is 0.242 e. The van der Waals surface area contributed by atoms with E-state index in [1.54, 1.807) is 18.3 Å². The normalized spacial score (nSPS) is 12.6. The molecular formula is C10H15N3O. The van der Waals surface area contributed by atoms with Gasteiger partial charge in [0, 0.05) is 6.20 Å². The molecule has 1 atom stereocenters. The van der Waals surface area contributed by atoms with Gasteiger partial charge in [0.1, 0.15) is 5.82 Å². The Hall–Kier alpha value is -1.42. The van der Waals surface area contributed by atoms with Crippen molar-refractivity contribution in [1.82, 2.24) is 4.98 Å². The average molecular weight is 193 g/mol. The highest BCUT2D eigenvalue weighted by Gasteiger charge is 2.17. The van der Waals surface area contributed by atoms with Crippen LogP contribution in [0.1, 0.15) is 13.8 Å². The van der Waals surface area contributed by atoms with E-state index in [0.717, 1.165) is 0 Å². The molecule has 1 heterocycles. The van der Waals surface area contributed by atoms with Crippen LogP contribution in [-0.4, -0.2) is 16.9 Å². The van der Waals surface area contributed by atoms with Crippen molar-refractivity contribution in [2.24, 2.45) is 11.7 Å². The molecule has 14 heavy (non-hydrogen) atoms. The Balaban J connectivity index is 2.58. The number of rotatable bonds is 3. The van der Waals surface area contributed by atoms with Crippen LogP contribution in [0.4, 0.5) is 5.82 Å². The number of amides is 1. The summed E-state index contributed by atoms with van der Waals surface area (Å²) in [5.74, 6) is 0.464. The van der Waals surface area contributed by atoms with Crippen molar-refractivity contribution in [2.75, 3.05) is 5.32 Å². The lowest BCUT2D eigenvalue weighted by Gasteiger charge is -2.14. The average Bonchev–Trinajstić information content (AvgIpc) is 2.18. The molecule has 4 heteroatoms. The monoisotopic (exact) mass is 193 g/mol. The van der Waals surface area contributed by atoms with Gasteiger partial charge >= 0.3 is 0 Å². The number of hydrogen-bond acceptors (Lipinski definition) is 3. The molecule has 4 nitrogen and oxygen atoms in total. The number of nitrogens with two attached hydrogens (primary N) is 1. The second-order valence-electron chi connectivity index (χ2n) is 3.47. The maximum absolute atomic E-state index is 11.5. The van der Waals surface area contributed by atoms with Crippen molar-refractivity contribution in [3.05, 3.63) is 24.4 Å². The first-order valence-electron chi connectivity index (χ1n) is 4.58. The zero-order chi connectivity index (χ0) is 10.6. The summed E-state index contributed by atoms with van der Waals surface area (Å²) < 4.78 is 0. The van der Waals surface area contributed by atoms with Crippen LogP contribution in [0.15, 0.2) is 24.4 Å². The van der Waals surface area contributed by atoms with Crippen LogP contribution in [0.2, 0.25) is 0 Å². The Morgan fingerprint density at radius 1 is 1.50 bits per heavy atom. The molecule has 0 aromatic carbocycles. The molecule has 0 spiro atoms. The largest absolute Gasteiger partial charge is 0.320 e. The van der Waals surface area contributed by atoms with E-state index in [-0.39, 0.29) is 11.8 Å². The second-order valence-corrected chi connectivity index (χ2v) is 3.47. The lowest BCUT2D eigenvalue weighted by molar-refractivity contribution is -0.118. The summed E-state index contributed by atoms with van der Waals surface area (Å²) in [6, 6.07) is 4.84. The number of hydrogen-bond donors (Lipinski definition) is 2. The van der Waals surface area contributed by atoms with Crippen molar-refractivity contribution >= 4 is 11.7 Å². The molecular weight excluding hydrogens is 178 g/mol. The third kappa shape index (κ3) is 2.81. The minimum absolute atomic E-state index is 0.124. The van der Waals surface area contributed by atoms with Crippen LogP contribution >= 0.6 is 0 Å². The van der Waals surface area contributed by atoms with Crippen LogP contribution < -0.4 is 11.1 Å². The van der Waals surface area contributed by atoms with Crippen molar-refractivity contribution < 1.29 is 4.79 Å². The third-order valence-electron chi connectivity index (χ3n) is 1.94. The van der Waals surface area contributed by atoms with Gasteiger partial charge in [0.05, 0.1) is 6.04 Å². The van der Waals surface area contributed by atoms with E-state index in [9.17, 15) is 4.79 Å². The first-order chi connectivity index (χ1) is 6.61. The highest BCUT2D eigenvalue weighted by Crippen LogP contribution is 2.04. The van der Waals surface area contributed by atoms with Gasteiger partial charge < -0.3 is 11.1 Å². The highest BCUT2D eigenvalue weighted by molar-refractivity contribution is 5.93. The number of nitrogens with zero attached hydrogens (tertiary/aromatic N) is 1. The van der Waals surface area contributed by atoms with E-state index in [2.05, 4.69) is 10.3 Å². The summed E-state index contributed by atoms with van der Waals surface area (Å²) in [6.45, 7) is 3.81. The van der Waals surface area contributed by atoms with Gasteiger partial charge in [0.2, 0.25) is 5.91 Å². The second kappa shape index (κ2) is 4.72. The van der Waals surface area contributed by atoms with Gasteiger partial charge in [-0.3, -0.25) is 4.79 Å². The highest BCUT2D eigenvalue weighted by atomic mass is 16.2. The standard InChI is InChI=1S/C10H15N3O/c1-7(2)9(11)10(14)13-8-5-3-4-6-12-8/h3-7,9H,11H2,1-2H3,(H,12,13,14)/t9-/m0/s1. The van der Waals surface area contributed by atoms with Crippen LogP contribution in [0.3, 0.4) is 0 Å². The molecule has 3 N–H and O–H groups in total. The molecule has 0 aliphatic carbocycles. The fourth-order valence-corrected chi connectivity index (χ4v) is 0.949. The zero-order valence-corrected chi connectivity index (χ0v) is 8.40. The van der Waals surface area contributed by atoms with Gasteiger partial charge in [0.15, 0.2) is 0 Å². The third-order valence-corrected chi connectivity index (χ3v) is 1.94. The molecule has 0 fully saturated rings. The Kier molecular flexibility index (Phi) is 3.59. The van der Waals surface area contributed by atoms with Gasteiger partial charge in [-0.1, -0.05) is 19.9 Å². The first-order valence-corrected chi connectivity index (χ1v) is 4.58. The number of carbonyl (C=O) groups excluding carboxylic acids is 1. The molecule has 1 rings (SSSR count). The molecule has 1 aromatic heterocycles. The van der Waals surface area contributed by atoms with E-state index in [4.69, 9.17) is 5.73 Å². The van der Waals surface area contributed by atoms with E-state index in [0.29, 0.717) is 5.82 Å². The van der Waals surface area contributed by atoms with E-state index in [1.165, 1.54) is 0 Å². The van der Waals surface area contributed by atoms with Crippen LogP contribution in [0.25, 0.3) is 0 Å².